The Kier molecular flexibility index (Phi) is 5.57. The lowest BCUT2D eigenvalue weighted by Gasteiger charge is -2.13. The summed E-state index contributed by atoms with van der Waals surface area (Å²) in [5.41, 5.74) is 0.616. The summed E-state index contributed by atoms with van der Waals surface area (Å²) in [7, 11) is 0. The maximum absolute atomic E-state index is 12.9. The molecular weight excluding hydrogens is 275 g/mol. The first-order valence-electron chi connectivity index (χ1n) is 5.65. The average Bonchev–Trinajstić information content (AvgIpc) is 2.37. The molecule has 0 aliphatic heterocycles. The Balaban J connectivity index is 2.49. The van der Waals surface area contributed by atoms with Crippen LogP contribution in [0.3, 0.4) is 0 Å². The Morgan fingerprint density at radius 1 is 1.47 bits per heavy atom. The minimum atomic E-state index is -1.09. The van der Waals surface area contributed by atoms with Gasteiger partial charge in [0.1, 0.15) is 11.9 Å². The van der Waals surface area contributed by atoms with Crippen LogP contribution in [0.15, 0.2) is 18.2 Å². The maximum atomic E-state index is 12.9. The predicted molar refractivity (Wildman–Crippen MR) is 68.5 cm³/mol. The quantitative estimate of drug-likeness (QED) is 0.777. The minimum absolute atomic E-state index is 0.0309. The van der Waals surface area contributed by atoms with Gasteiger partial charge in [-0.05, 0) is 24.1 Å². The van der Waals surface area contributed by atoms with E-state index >= 15 is 0 Å². The minimum Gasteiger partial charge on any atom is -0.480 e. The third-order valence-corrected chi connectivity index (χ3v) is 2.74. The lowest BCUT2D eigenvalue weighted by atomic mass is 10.2. The molecule has 0 spiro atoms. The first kappa shape index (κ1) is 15.2. The van der Waals surface area contributed by atoms with Gasteiger partial charge in [0.25, 0.3) is 0 Å². The van der Waals surface area contributed by atoms with Crippen LogP contribution in [0.2, 0.25) is 5.02 Å². The van der Waals surface area contributed by atoms with Gasteiger partial charge in [0.05, 0.1) is 5.02 Å². The molecule has 3 N–H and O–H groups in total. The van der Waals surface area contributed by atoms with Gasteiger partial charge in [0.15, 0.2) is 0 Å². The Morgan fingerprint density at radius 2 is 2.16 bits per heavy atom. The zero-order valence-electron chi connectivity index (χ0n) is 10.2. The van der Waals surface area contributed by atoms with E-state index in [9.17, 15) is 14.0 Å². The molecule has 0 saturated heterocycles. The highest BCUT2D eigenvalue weighted by Crippen LogP contribution is 2.15. The van der Waals surface area contributed by atoms with Crippen molar-refractivity contribution < 1.29 is 19.1 Å². The topological polar surface area (TPSA) is 78.4 Å². The van der Waals surface area contributed by atoms with Crippen LogP contribution in [-0.4, -0.2) is 23.1 Å². The second-order valence-corrected chi connectivity index (χ2v) is 4.28. The molecule has 1 aromatic carbocycles. The summed E-state index contributed by atoms with van der Waals surface area (Å²) in [5, 5.41) is 13.5. The highest BCUT2D eigenvalue weighted by Gasteiger charge is 2.17. The summed E-state index contributed by atoms with van der Waals surface area (Å²) in [4.78, 5) is 22.2. The Bertz CT molecular complexity index is 482. The molecule has 1 rings (SSSR count). The predicted octanol–water partition coefficient (Wildman–Crippen LogP) is 2.14. The fourth-order valence-electron chi connectivity index (χ4n) is 1.38. The largest absolute Gasteiger partial charge is 0.480 e. The average molecular weight is 289 g/mol. The summed E-state index contributed by atoms with van der Waals surface area (Å²) in [6.07, 6.45) is 0.283. The molecule has 19 heavy (non-hydrogen) atoms. The van der Waals surface area contributed by atoms with Gasteiger partial charge in [-0.2, -0.15) is 0 Å². The monoisotopic (exact) mass is 288 g/mol. The molecule has 0 aromatic heterocycles. The summed E-state index contributed by atoms with van der Waals surface area (Å²) in [6, 6.07) is 2.54. The van der Waals surface area contributed by atoms with Crippen molar-refractivity contribution in [2.75, 3.05) is 0 Å². The number of urea groups is 1. The van der Waals surface area contributed by atoms with Gasteiger partial charge in [-0.1, -0.05) is 24.6 Å². The number of carboxylic acids is 1. The van der Waals surface area contributed by atoms with E-state index in [0.29, 0.717) is 5.56 Å². The fraction of sp³-hybridized carbons (Fsp3) is 0.333. The van der Waals surface area contributed by atoms with E-state index in [0.717, 1.165) is 0 Å². The molecule has 0 saturated carbocycles. The van der Waals surface area contributed by atoms with E-state index in [1.165, 1.54) is 18.2 Å². The number of carbonyl (C=O) groups is 2. The van der Waals surface area contributed by atoms with Crippen molar-refractivity contribution in [3.8, 4) is 0 Å². The van der Waals surface area contributed by atoms with Crippen LogP contribution in [0.5, 0.6) is 0 Å². The lowest BCUT2D eigenvalue weighted by molar-refractivity contribution is -0.139. The number of amides is 2. The van der Waals surface area contributed by atoms with Crippen LogP contribution in [-0.2, 0) is 11.3 Å². The van der Waals surface area contributed by atoms with E-state index < -0.39 is 23.9 Å². The SMILES string of the molecule is CCC(NC(=O)NCc1ccc(F)c(Cl)c1)C(=O)O. The Labute approximate surface area is 114 Å². The highest BCUT2D eigenvalue weighted by molar-refractivity contribution is 6.30. The van der Waals surface area contributed by atoms with Crippen LogP contribution in [0.4, 0.5) is 9.18 Å². The normalized spacial score (nSPS) is 11.7. The van der Waals surface area contributed by atoms with Crippen molar-refractivity contribution in [3.05, 3.63) is 34.6 Å². The summed E-state index contributed by atoms with van der Waals surface area (Å²) in [5.74, 6) is -1.63. The number of benzene rings is 1. The number of hydrogen-bond donors (Lipinski definition) is 3. The standard InChI is InChI=1S/C12H14ClFN2O3/c1-2-10(11(17)18)16-12(19)15-6-7-3-4-9(14)8(13)5-7/h3-5,10H,2,6H2,1H3,(H,17,18)(H2,15,16,19). The lowest BCUT2D eigenvalue weighted by Crippen LogP contribution is -2.45. The van der Waals surface area contributed by atoms with Crippen molar-refractivity contribution in [3.63, 3.8) is 0 Å². The highest BCUT2D eigenvalue weighted by atomic mass is 35.5. The maximum Gasteiger partial charge on any atom is 0.326 e. The molecule has 1 atom stereocenters. The molecule has 5 nitrogen and oxygen atoms in total. The van der Waals surface area contributed by atoms with Crippen LogP contribution in [0.25, 0.3) is 0 Å². The van der Waals surface area contributed by atoms with E-state index in [-0.39, 0.29) is 18.0 Å². The molecule has 104 valence electrons. The molecule has 0 heterocycles. The van der Waals surface area contributed by atoms with Gasteiger partial charge in [0.2, 0.25) is 0 Å². The van der Waals surface area contributed by atoms with Gasteiger partial charge in [-0.15, -0.1) is 0 Å². The molecule has 0 aliphatic rings. The summed E-state index contributed by atoms with van der Waals surface area (Å²) >= 11 is 5.60. The number of rotatable bonds is 5. The molecule has 0 aliphatic carbocycles. The number of carboxylic acid groups (broad SMARTS) is 1. The van der Waals surface area contributed by atoms with Crippen molar-refractivity contribution in [2.45, 2.75) is 25.9 Å². The van der Waals surface area contributed by atoms with Gasteiger partial charge >= 0.3 is 12.0 Å². The molecule has 0 radical (unpaired) electrons. The number of nitrogens with one attached hydrogen (secondary N) is 2. The molecule has 1 unspecified atom stereocenters. The van der Waals surface area contributed by atoms with Crippen molar-refractivity contribution in [1.29, 1.82) is 0 Å². The number of aliphatic carboxylic acids is 1. The van der Waals surface area contributed by atoms with Crippen molar-refractivity contribution >= 4 is 23.6 Å². The Morgan fingerprint density at radius 3 is 2.68 bits per heavy atom. The number of halogens is 2. The van der Waals surface area contributed by atoms with E-state index in [4.69, 9.17) is 16.7 Å². The van der Waals surface area contributed by atoms with Gasteiger partial charge in [0, 0.05) is 6.54 Å². The van der Waals surface area contributed by atoms with Crippen molar-refractivity contribution in [1.82, 2.24) is 10.6 Å². The third kappa shape index (κ3) is 4.75. The molecule has 7 heteroatoms. The smallest absolute Gasteiger partial charge is 0.326 e. The third-order valence-electron chi connectivity index (χ3n) is 2.45. The zero-order valence-corrected chi connectivity index (χ0v) is 11.0. The molecule has 0 bridgehead atoms. The van der Waals surface area contributed by atoms with Crippen LogP contribution >= 0.6 is 11.6 Å². The summed E-state index contributed by atoms with van der Waals surface area (Å²) in [6.45, 7) is 1.78. The Hall–Kier alpha value is -1.82. The fourth-order valence-corrected chi connectivity index (χ4v) is 1.58. The molecule has 0 fully saturated rings. The molecule has 1 aromatic rings. The molecule has 2 amide bonds. The number of carbonyl (C=O) groups excluding carboxylic acids is 1. The van der Waals surface area contributed by atoms with E-state index in [1.807, 2.05) is 0 Å². The summed E-state index contributed by atoms with van der Waals surface area (Å²) < 4.78 is 12.9. The first-order chi connectivity index (χ1) is 8.93. The van der Waals surface area contributed by atoms with E-state index in [2.05, 4.69) is 10.6 Å². The van der Waals surface area contributed by atoms with Gasteiger partial charge in [-0.3, -0.25) is 0 Å². The van der Waals surface area contributed by atoms with Gasteiger partial charge in [-0.25, -0.2) is 14.0 Å². The van der Waals surface area contributed by atoms with Crippen LogP contribution in [0, 0.1) is 5.82 Å². The second kappa shape index (κ2) is 6.94. The van der Waals surface area contributed by atoms with E-state index in [1.54, 1.807) is 6.92 Å². The van der Waals surface area contributed by atoms with Gasteiger partial charge < -0.3 is 15.7 Å². The number of hydrogen-bond acceptors (Lipinski definition) is 2. The van der Waals surface area contributed by atoms with Crippen molar-refractivity contribution in [2.24, 2.45) is 0 Å². The van der Waals surface area contributed by atoms with Crippen LogP contribution in [0.1, 0.15) is 18.9 Å². The first-order valence-corrected chi connectivity index (χ1v) is 6.03. The molecular formula is C12H14ClFN2O3. The van der Waals surface area contributed by atoms with Crippen LogP contribution < -0.4 is 10.6 Å². The zero-order chi connectivity index (χ0) is 14.4. The second-order valence-electron chi connectivity index (χ2n) is 3.87.